The van der Waals surface area contributed by atoms with Gasteiger partial charge in [-0.15, -0.1) is 0 Å². The maximum Gasteiger partial charge on any atom is 0.152 e. The second-order valence-electron chi connectivity index (χ2n) is 5.41. The molecule has 0 aliphatic carbocycles. The van der Waals surface area contributed by atoms with Crippen molar-refractivity contribution in [3.63, 3.8) is 0 Å². The number of hydrogen-bond acceptors (Lipinski definition) is 4. The predicted octanol–water partition coefficient (Wildman–Crippen LogP) is 0.341. The lowest BCUT2D eigenvalue weighted by molar-refractivity contribution is 0.0136. The fourth-order valence-corrected chi connectivity index (χ4v) is 2.93. The lowest BCUT2D eigenvalue weighted by Gasteiger charge is -2.39. The summed E-state index contributed by atoms with van der Waals surface area (Å²) in [7, 11) is 2.32. The quantitative estimate of drug-likeness (QED) is 0.591. The van der Waals surface area contributed by atoms with Crippen LogP contribution in [0, 0.1) is 6.92 Å². The smallest absolute Gasteiger partial charge is 0.152 e. The van der Waals surface area contributed by atoms with E-state index in [1.54, 1.807) is 0 Å². The van der Waals surface area contributed by atoms with Crippen molar-refractivity contribution in [3.8, 4) is 5.75 Å². The molecule has 19 heavy (non-hydrogen) atoms. The summed E-state index contributed by atoms with van der Waals surface area (Å²) < 4.78 is 6.07. The van der Waals surface area contributed by atoms with Gasteiger partial charge in [0.25, 0.3) is 0 Å². The third-order valence-electron chi connectivity index (χ3n) is 4.07. The van der Waals surface area contributed by atoms with Gasteiger partial charge in [0.2, 0.25) is 0 Å². The Morgan fingerprint density at radius 2 is 2.32 bits per heavy atom. The van der Waals surface area contributed by atoms with E-state index < -0.39 is 0 Å². The summed E-state index contributed by atoms with van der Waals surface area (Å²) in [5.74, 6) is 1.03. The zero-order valence-electron chi connectivity index (χ0n) is 11.4. The minimum atomic E-state index is 0.289. The highest BCUT2D eigenvalue weighted by Gasteiger charge is 2.28. The summed E-state index contributed by atoms with van der Waals surface area (Å²) in [6.07, 6.45) is 2.61. The summed E-state index contributed by atoms with van der Waals surface area (Å²) >= 11 is 0. The molecule has 4 nitrogen and oxygen atoms in total. The SMILES string of the molecule is Cc1c(OC2CN(CCNO)C2)ccc2c1[B]CC2. The third kappa shape index (κ3) is 2.64. The van der Waals surface area contributed by atoms with Gasteiger partial charge in [-0.25, -0.2) is 5.48 Å². The van der Waals surface area contributed by atoms with E-state index in [0.29, 0.717) is 6.54 Å². The summed E-state index contributed by atoms with van der Waals surface area (Å²) in [5.41, 5.74) is 6.30. The molecule has 0 bridgehead atoms. The summed E-state index contributed by atoms with van der Waals surface area (Å²) in [6, 6.07) is 4.32. The standard InChI is InChI=1S/C14H20BN2O2/c1-10-13(3-2-11-4-5-15-14(10)11)19-12-8-17(9-12)7-6-16-18/h2-3,12,16,18H,4-9H2,1H3. The predicted molar refractivity (Wildman–Crippen MR) is 75.7 cm³/mol. The maximum atomic E-state index is 8.55. The molecule has 0 amide bonds. The molecule has 2 aliphatic rings. The molecule has 2 aliphatic heterocycles. The van der Waals surface area contributed by atoms with Gasteiger partial charge in [-0.2, -0.15) is 0 Å². The van der Waals surface area contributed by atoms with Crippen LogP contribution in [0.5, 0.6) is 5.75 Å². The van der Waals surface area contributed by atoms with Gasteiger partial charge in [0.15, 0.2) is 7.28 Å². The molecule has 0 saturated carbocycles. The van der Waals surface area contributed by atoms with Crippen molar-refractivity contribution >= 4 is 12.7 Å². The Balaban J connectivity index is 1.57. The number of hydroxylamine groups is 1. The van der Waals surface area contributed by atoms with Gasteiger partial charge in [-0.1, -0.05) is 23.4 Å². The highest BCUT2D eigenvalue weighted by molar-refractivity contribution is 6.56. The molecule has 1 aromatic carbocycles. The molecule has 1 fully saturated rings. The molecule has 1 saturated heterocycles. The number of fused-ring (bicyclic) bond motifs is 1. The zero-order valence-corrected chi connectivity index (χ0v) is 11.4. The molecule has 101 valence electrons. The third-order valence-corrected chi connectivity index (χ3v) is 4.07. The Hall–Kier alpha value is -1.04. The first-order valence-electron chi connectivity index (χ1n) is 6.99. The van der Waals surface area contributed by atoms with Crippen molar-refractivity contribution in [1.29, 1.82) is 0 Å². The molecule has 5 heteroatoms. The van der Waals surface area contributed by atoms with Crippen LogP contribution in [0.15, 0.2) is 12.1 Å². The van der Waals surface area contributed by atoms with Gasteiger partial charge in [-0.05, 0) is 25.0 Å². The first kappa shape index (κ1) is 13.0. The van der Waals surface area contributed by atoms with Gasteiger partial charge in [0.1, 0.15) is 11.9 Å². The van der Waals surface area contributed by atoms with E-state index in [9.17, 15) is 0 Å². The Morgan fingerprint density at radius 1 is 1.47 bits per heavy atom. The molecular formula is C14H20BN2O2. The fourth-order valence-electron chi connectivity index (χ4n) is 2.93. The van der Waals surface area contributed by atoms with E-state index in [4.69, 9.17) is 9.94 Å². The molecule has 1 radical (unpaired) electrons. The average molecular weight is 259 g/mol. The van der Waals surface area contributed by atoms with Crippen molar-refractivity contribution < 1.29 is 9.94 Å². The van der Waals surface area contributed by atoms with Crippen molar-refractivity contribution in [2.45, 2.75) is 25.8 Å². The van der Waals surface area contributed by atoms with Crippen molar-refractivity contribution in [2.24, 2.45) is 0 Å². The minimum Gasteiger partial charge on any atom is -0.488 e. The molecule has 0 atom stereocenters. The molecule has 2 N–H and O–H groups in total. The van der Waals surface area contributed by atoms with E-state index >= 15 is 0 Å². The second-order valence-corrected chi connectivity index (χ2v) is 5.41. The van der Waals surface area contributed by atoms with Crippen LogP contribution in [-0.2, 0) is 6.42 Å². The molecule has 0 unspecified atom stereocenters. The Kier molecular flexibility index (Phi) is 3.77. The van der Waals surface area contributed by atoms with E-state index in [0.717, 1.165) is 31.7 Å². The molecule has 0 spiro atoms. The lowest BCUT2D eigenvalue weighted by Crippen LogP contribution is -2.55. The van der Waals surface area contributed by atoms with Gasteiger partial charge >= 0.3 is 0 Å². The number of rotatable bonds is 5. The van der Waals surface area contributed by atoms with E-state index in [2.05, 4.69) is 36.7 Å². The first-order chi connectivity index (χ1) is 9.28. The van der Waals surface area contributed by atoms with Crippen LogP contribution in [0.3, 0.4) is 0 Å². The fraction of sp³-hybridized carbons (Fsp3) is 0.571. The normalized spacial score (nSPS) is 18.8. The number of nitrogens with one attached hydrogen (secondary N) is 1. The van der Waals surface area contributed by atoms with Crippen LogP contribution < -0.4 is 15.7 Å². The van der Waals surface area contributed by atoms with Gasteiger partial charge in [0.05, 0.1) is 0 Å². The van der Waals surface area contributed by atoms with Gasteiger partial charge in [-0.3, -0.25) is 4.90 Å². The van der Waals surface area contributed by atoms with Crippen LogP contribution in [0.4, 0.5) is 0 Å². The van der Waals surface area contributed by atoms with Crippen LogP contribution in [0.25, 0.3) is 0 Å². The number of benzene rings is 1. The van der Waals surface area contributed by atoms with E-state index in [1.807, 2.05) is 0 Å². The number of likely N-dealkylation sites (tertiary alicyclic amines) is 1. The Labute approximate surface area is 114 Å². The Bertz CT molecular complexity index is 461. The maximum absolute atomic E-state index is 8.55. The molecule has 1 aromatic rings. The van der Waals surface area contributed by atoms with Crippen molar-refractivity contribution in [1.82, 2.24) is 10.4 Å². The van der Waals surface area contributed by atoms with E-state index in [1.165, 1.54) is 23.0 Å². The molecule has 2 heterocycles. The second kappa shape index (κ2) is 5.53. The summed E-state index contributed by atoms with van der Waals surface area (Å²) in [6.45, 7) is 5.53. The first-order valence-corrected chi connectivity index (χ1v) is 6.99. The van der Waals surface area contributed by atoms with Crippen LogP contribution in [0.1, 0.15) is 11.1 Å². The zero-order chi connectivity index (χ0) is 13.2. The number of ether oxygens (including phenoxy) is 1. The number of hydrogen-bond donors (Lipinski definition) is 2. The van der Waals surface area contributed by atoms with Crippen molar-refractivity contribution in [2.75, 3.05) is 26.2 Å². The topological polar surface area (TPSA) is 44.7 Å². The minimum absolute atomic E-state index is 0.289. The number of aryl methyl sites for hydroxylation is 1. The van der Waals surface area contributed by atoms with Gasteiger partial charge in [0, 0.05) is 26.2 Å². The molecule has 3 rings (SSSR count). The molecule has 0 aromatic heterocycles. The number of nitrogens with zero attached hydrogens (tertiary/aromatic N) is 1. The Morgan fingerprint density at radius 3 is 3.11 bits per heavy atom. The average Bonchev–Trinajstić information content (AvgIpc) is 2.83. The van der Waals surface area contributed by atoms with Crippen LogP contribution in [0.2, 0.25) is 6.32 Å². The highest BCUT2D eigenvalue weighted by Crippen LogP contribution is 2.24. The largest absolute Gasteiger partial charge is 0.488 e. The summed E-state index contributed by atoms with van der Waals surface area (Å²) in [4.78, 5) is 2.27. The van der Waals surface area contributed by atoms with Crippen LogP contribution >= 0.6 is 0 Å². The van der Waals surface area contributed by atoms with Gasteiger partial charge < -0.3 is 9.94 Å². The highest BCUT2D eigenvalue weighted by atomic mass is 16.5. The monoisotopic (exact) mass is 259 g/mol. The van der Waals surface area contributed by atoms with Crippen LogP contribution in [-0.4, -0.2) is 49.7 Å². The molecular weight excluding hydrogens is 239 g/mol. The van der Waals surface area contributed by atoms with Crippen molar-refractivity contribution in [3.05, 3.63) is 23.3 Å². The summed E-state index contributed by atoms with van der Waals surface area (Å²) in [5, 5.41) is 8.55. The lowest BCUT2D eigenvalue weighted by atomic mass is 9.70. The van der Waals surface area contributed by atoms with E-state index in [-0.39, 0.29) is 6.10 Å².